The van der Waals surface area contributed by atoms with Crippen LogP contribution in [0.1, 0.15) is 44.5 Å². The van der Waals surface area contributed by atoms with Crippen LogP contribution in [0.2, 0.25) is 0 Å². The van der Waals surface area contributed by atoms with Crippen molar-refractivity contribution in [3.8, 4) is 0 Å². The molecule has 0 radical (unpaired) electrons. The molecule has 0 saturated carbocycles. The molecule has 4 rings (SSSR count). The molecule has 2 aliphatic heterocycles. The summed E-state index contributed by atoms with van der Waals surface area (Å²) < 4.78 is 20.0. The number of hydrogen-bond acceptors (Lipinski definition) is 7. The molecule has 2 aromatic heterocycles. The van der Waals surface area contributed by atoms with E-state index < -0.39 is 0 Å². The topological polar surface area (TPSA) is 61.6 Å². The van der Waals surface area contributed by atoms with E-state index in [1.54, 1.807) is 11.3 Å². The number of aromatic nitrogens is 3. The highest BCUT2D eigenvalue weighted by Crippen LogP contribution is 2.33. The fraction of sp³-hybridized carbons (Fsp3) is 0.684. The molecule has 0 unspecified atom stereocenters. The molecular weight excluding hydrogens is 364 g/mol. The first-order chi connectivity index (χ1) is 12.8. The van der Waals surface area contributed by atoms with Gasteiger partial charge in [0.25, 0.3) is 0 Å². The second-order valence-corrected chi connectivity index (χ2v) is 9.47. The van der Waals surface area contributed by atoms with Gasteiger partial charge in [-0.1, -0.05) is 6.07 Å². The Hall–Kier alpha value is -1.48. The van der Waals surface area contributed by atoms with Crippen LogP contribution in [0.15, 0.2) is 17.5 Å². The molecule has 4 heterocycles. The van der Waals surface area contributed by atoms with Crippen molar-refractivity contribution in [2.45, 2.75) is 51.5 Å². The third kappa shape index (κ3) is 4.18. The summed E-state index contributed by atoms with van der Waals surface area (Å²) in [5, 5.41) is 11.2. The fourth-order valence-electron chi connectivity index (χ4n) is 4.05. The van der Waals surface area contributed by atoms with Crippen LogP contribution < -0.4 is 4.90 Å². The van der Waals surface area contributed by atoms with Crippen molar-refractivity contribution in [3.05, 3.63) is 28.2 Å². The SMILES string of the molecule is CC1(C)CN(c2nnc([C@@H]3COCCO3)n2Cc2cccs2)CC(C)(C)O1. The number of morpholine rings is 1. The van der Waals surface area contributed by atoms with Crippen molar-refractivity contribution >= 4 is 17.3 Å². The van der Waals surface area contributed by atoms with Gasteiger partial charge in [0.15, 0.2) is 5.82 Å². The van der Waals surface area contributed by atoms with E-state index in [-0.39, 0.29) is 17.3 Å². The molecule has 2 aromatic rings. The molecular formula is C19H28N4O3S. The number of anilines is 1. The molecule has 0 bridgehead atoms. The molecule has 0 amide bonds. The molecule has 1 atom stereocenters. The fourth-order valence-corrected chi connectivity index (χ4v) is 4.75. The van der Waals surface area contributed by atoms with Gasteiger partial charge in [-0.25, -0.2) is 0 Å². The Kier molecular flexibility index (Phi) is 5.00. The van der Waals surface area contributed by atoms with Crippen LogP contribution in [-0.2, 0) is 20.8 Å². The minimum absolute atomic E-state index is 0.179. The van der Waals surface area contributed by atoms with Crippen LogP contribution in [0.5, 0.6) is 0 Å². The zero-order valence-corrected chi connectivity index (χ0v) is 17.3. The number of rotatable bonds is 4. The molecule has 2 saturated heterocycles. The molecule has 27 heavy (non-hydrogen) atoms. The lowest BCUT2D eigenvalue weighted by molar-refractivity contribution is -0.133. The Bertz CT molecular complexity index is 750. The summed E-state index contributed by atoms with van der Waals surface area (Å²) in [6, 6.07) is 4.22. The Labute approximate surface area is 164 Å². The minimum atomic E-state index is -0.258. The highest BCUT2D eigenvalue weighted by molar-refractivity contribution is 7.09. The van der Waals surface area contributed by atoms with Gasteiger partial charge in [0.2, 0.25) is 5.95 Å². The van der Waals surface area contributed by atoms with Crippen molar-refractivity contribution in [2.24, 2.45) is 0 Å². The van der Waals surface area contributed by atoms with Crippen LogP contribution in [0.4, 0.5) is 5.95 Å². The van der Waals surface area contributed by atoms with Crippen molar-refractivity contribution in [1.82, 2.24) is 14.8 Å². The lowest BCUT2D eigenvalue weighted by Crippen LogP contribution is -2.58. The lowest BCUT2D eigenvalue weighted by Gasteiger charge is -2.47. The summed E-state index contributed by atoms with van der Waals surface area (Å²) in [4.78, 5) is 3.55. The van der Waals surface area contributed by atoms with Gasteiger partial charge in [-0.15, -0.1) is 21.5 Å². The summed E-state index contributed by atoms with van der Waals surface area (Å²) in [6.07, 6.45) is -0.179. The van der Waals surface area contributed by atoms with Gasteiger partial charge < -0.3 is 19.1 Å². The Balaban J connectivity index is 1.70. The summed E-state index contributed by atoms with van der Waals surface area (Å²) in [7, 11) is 0. The average molecular weight is 393 g/mol. The summed E-state index contributed by atoms with van der Waals surface area (Å²) in [6.45, 7) is 12.5. The Morgan fingerprint density at radius 3 is 2.56 bits per heavy atom. The normalized spacial score (nSPS) is 24.9. The highest BCUT2D eigenvalue weighted by Gasteiger charge is 2.40. The second kappa shape index (κ2) is 7.16. The van der Waals surface area contributed by atoms with Crippen LogP contribution in [0, 0.1) is 0 Å². The smallest absolute Gasteiger partial charge is 0.227 e. The summed E-state index contributed by atoms with van der Waals surface area (Å²) in [5.74, 6) is 1.71. The summed E-state index contributed by atoms with van der Waals surface area (Å²) in [5.41, 5.74) is -0.516. The Morgan fingerprint density at radius 1 is 1.15 bits per heavy atom. The molecule has 0 aromatic carbocycles. The van der Waals surface area contributed by atoms with Crippen molar-refractivity contribution in [3.63, 3.8) is 0 Å². The lowest BCUT2D eigenvalue weighted by atomic mass is 9.99. The summed E-state index contributed by atoms with van der Waals surface area (Å²) >= 11 is 1.74. The van der Waals surface area contributed by atoms with E-state index in [0.29, 0.717) is 19.8 Å². The predicted octanol–water partition coefficient (Wildman–Crippen LogP) is 2.87. The highest BCUT2D eigenvalue weighted by atomic mass is 32.1. The first-order valence-corrected chi connectivity index (χ1v) is 10.3. The molecule has 8 heteroatoms. The molecule has 2 fully saturated rings. The largest absolute Gasteiger partial charge is 0.376 e. The van der Waals surface area contributed by atoms with E-state index in [0.717, 1.165) is 31.4 Å². The average Bonchev–Trinajstić information content (AvgIpc) is 3.23. The van der Waals surface area contributed by atoms with Crippen LogP contribution in [-0.4, -0.2) is 58.9 Å². The molecule has 0 aliphatic carbocycles. The van der Waals surface area contributed by atoms with E-state index >= 15 is 0 Å². The zero-order valence-electron chi connectivity index (χ0n) is 16.5. The molecule has 7 nitrogen and oxygen atoms in total. The Morgan fingerprint density at radius 2 is 1.93 bits per heavy atom. The van der Waals surface area contributed by atoms with E-state index in [9.17, 15) is 0 Å². The number of hydrogen-bond donors (Lipinski definition) is 0. The molecule has 0 N–H and O–H groups in total. The standard InChI is InChI=1S/C19H28N4O3S/c1-18(2)12-22(13-19(3,4)26-18)17-21-20-16(15-11-24-7-8-25-15)23(17)10-14-6-5-9-27-14/h5-6,9,15H,7-8,10-13H2,1-4H3/t15-/m0/s1. The monoisotopic (exact) mass is 392 g/mol. The van der Waals surface area contributed by atoms with Crippen molar-refractivity contribution < 1.29 is 14.2 Å². The number of nitrogens with zero attached hydrogens (tertiary/aromatic N) is 4. The molecule has 148 valence electrons. The zero-order chi connectivity index (χ0) is 19.1. The first kappa shape index (κ1) is 18.9. The van der Waals surface area contributed by atoms with Crippen LogP contribution >= 0.6 is 11.3 Å². The predicted molar refractivity (Wildman–Crippen MR) is 104 cm³/mol. The quantitative estimate of drug-likeness (QED) is 0.797. The maximum atomic E-state index is 6.24. The second-order valence-electron chi connectivity index (χ2n) is 8.44. The first-order valence-electron chi connectivity index (χ1n) is 9.43. The van der Waals surface area contributed by atoms with E-state index in [1.807, 2.05) is 0 Å². The minimum Gasteiger partial charge on any atom is -0.376 e. The van der Waals surface area contributed by atoms with Gasteiger partial charge in [-0.2, -0.15) is 0 Å². The van der Waals surface area contributed by atoms with Gasteiger partial charge in [0.1, 0.15) is 6.10 Å². The van der Waals surface area contributed by atoms with E-state index in [4.69, 9.17) is 14.2 Å². The van der Waals surface area contributed by atoms with Gasteiger partial charge in [0, 0.05) is 18.0 Å². The van der Waals surface area contributed by atoms with Crippen molar-refractivity contribution in [2.75, 3.05) is 37.8 Å². The maximum absolute atomic E-state index is 6.24. The van der Waals surface area contributed by atoms with Gasteiger partial charge in [0.05, 0.1) is 37.6 Å². The number of thiophene rings is 1. The third-order valence-electron chi connectivity index (χ3n) is 4.74. The third-order valence-corrected chi connectivity index (χ3v) is 5.60. The van der Waals surface area contributed by atoms with Gasteiger partial charge >= 0.3 is 0 Å². The van der Waals surface area contributed by atoms with E-state index in [2.05, 4.69) is 64.9 Å². The van der Waals surface area contributed by atoms with Gasteiger partial charge in [-0.05, 0) is 39.1 Å². The van der Waals surface area contributed by atoms with Crippen LogP contribution in [0.3, 0.4) is 0 Å². The van der Waals surface area contributed by atoms with Crippen LogP contribution in [0.25, 0.3) is 0 Å². The maximum Gasteiger partial charge on any atom is 0.227 e. The molecule has 2 aliphatic rings. The molecule has 0 spiro atoms. The van der Waals surface area contributed by atoms with E-state index in [1.165, 1.54) is 4.88 Å². The van der Waals surface area contributed by atoms with Crippen molar-refractivity contribution in [1.29, 1.82) is 0 Å². The van der Waals surface area contributed by atoms with Gasteiger partial charge in [-0.3, -0.25) is 4.57 Å². The number of ether oxygens (including phenoxy) is 3.